The molecule has 0 radical (unpaired) electrons. The van der Waals surface area contributed by atoms with E-state index in [1.165, 1.54) is 10.8 Å². The summed E-state index contributed by atoms with van der Waals surface area (Å²) < 4.78 is 22.0. The van der Waals surface area contributed by atoms with Gasteiger partial charge in [-0.05, 0) is 59.7 Å². The summed E-state index contributed by atoms with van der Waals surface area (Å²) in [6.07, 6.45) is 0. The van der Waals surface area contributed by atoms with Crippen molar-refractivity contribution in [3.05, 3.63) is 164 Å². The number of furan rings is 3. The van der Waals surface area contributed by atoms with Crippen LogP contribution in [0.15, 0.2) is 177 Å². The normalized spacial score (nSPS) is 12.2. The Morgan fingerprint density at radius 1 is 0.308 bits per heavy atom. The van der Waals surface area contributed by atoms with Gasteiger partial charge in [-0.15, -0.1) is 0 Å². The van der Waals surface area contributed by atoms with Crippen molar-refractivity contribution in [2.24, 2.45) is 0 Å². The molecule has 0 amide bonds. The van der Waals surface area contributed by atoms with Crippen LogP contribution in [-0.2, 0) is 0 Å². The van der Waals surface area contributed by atoms with E-state index in [2.05, 4.69) is 132 Å². The molecule has 0 bridgehead atoms. The molecular weight excluding hydrogens is 639 g/mol. The summed E-state index contributed by atoms with van der Waals surface area (Å²) in [6, 6.07) is 57.7. The minimum absolute atomic E-state index is 0.869. The standard InChI is InChI=1S/C48H27NO3/c1-5-19-41-33(11-1)39-26-40-36-14-4-6-20-43(36)50-46(40)27-42(39)49(41)30-24-28(31-15-9-17-37-34-12-2-7-21-44(34)51-47(31)37)23-29(25-30)32-16-10-18-38-35-13-3-8-22-45(35)52-48(32)38/h1-27H. The van der Waals surface area contributed by atoms with Crippen LogP contribution in [0.1, 0.15) is 0 Å². The first kappa shape index (κ1) is 27.7. The van der Waals surface area contributed by atoms with E-state index in [1.807, 2.05) is 36.4 Å². The van der Waals surface area contributed by atoms with Gasteiger partial charge in [0.25, 0.3) is 0 Å². The van der Waals surface area contributed by atoms with Crippen LogP contribution < -0.4 is 0 Å². The van der Waals surface area contributed by atoms with Crippen molar-refractivity contribution >= 4 is 87.6 Å². The Kier molecular flexibility index (Phi) is 5.47. The van der Waals surface area contributed by atoms with Crippen LogP contribution in [0.5, 0.6) is 0 Å². The number of rotatable bonds is 3. The van der Waals surface area contributed by atoms with Crippen molar-refractivity contribution < 1.29 is 13.3 Å². The molecule has 4 nitrogen and oxygen atoms in total. The van der Waals surface area contributed by atoms with Crippen LogP contribution in [0, 0.1) is 0 Å². The van der Waals surface area contributed by atoms with Crippen molar-refractivity contribution in [1.82, 2.24) is 4.57 Å². The highest BCUT2D eigenvalue weighted by atomic mass is 16.3. The minimum Gasteiger partial charge on any atom is -0.456 e. The van der Waals surface area contributed by atoms with Crippen LogP contribution in [-0.4, -0.2) is 4.57 Å². The van der Waals surface area contributed by atoms with Gasteiger partial charge in [0.2, 0.25) is 0 Å². The summed E-state index contributed by atoms with van der Waals surface area (Å²) in [6.45, 7) is 0. The summed E-state index contributed by atoms with van der Waals surface area (Å²) in [5.74, 6) is 0. The van der Waals surface area contributed by atoms with Crippen molar-refractivity contribution in [3.63, 3.8) is 0 Å². The monoisotopic (exact) mass is 665 g/mol. The lowest BCUT2D eigenvalue weighted by molar-refractivity contribution is 0.669. The molecule has 0 spiro atoms. The number of para-hydroxylation sites is 6. The van der Waals surface area contributed by atoms with E-state index in [0.717, 1.165) is 105 Å². The van der Waals surface area contributed by atoms with E-state index >= 15 is 0 Å². The summed E-state index contributed by atoms with van der Waals surface area (Å²) in [5, 5.41) is 9.04. The fourth-order valence-electron chi connectivity index (χ4n) is 8.47. The Labute approximate surface area is 296 Å². The predicted octanol–water partition coefficient (Wildman–Crippen LogP) is 13.8. The van der Waals surface area contributed by atoms with E-state index in [4.69, 9.17) is 13.3 Å². The third-order valence-electron chi connectivity index (χ3n) is 10.8. The Morgan fingerprint density at radius 3 is 1.42 bits per heavy atom. The van der Waals surface area contributed by atoms with Gasteiger partial charge in [-0.3, -0.25) is 0 Å². The SMILES string of the molecule is c1ccc2c(c1)oc1cc3c(cc12)c1ccccc1n3-c1cc(-c2cccc3c2oc2ccccc23)cc(-c2cccc3c2oc2ccccc23)c1. The molecule has 0 saturated carbocycles. The summed E-state index contributed by atoms with van der Waals surface area (Å²) in [4.78, 5) is 0. The Morgan fingerprint density at radius 2 is 0.808 bits per heavy atom. The van der Waals surface area contributed by atoms with Gasteiger partial charge in [0.05, 0.1) is 11.0 Å². The topological polar surface area (TPSA) is 44.4 Å². The second-order valence-corrected chi connectivity index (χ2v) is 13.6. The van der Waals surface area contributed by atoms with Crippen LogP contribution in [0.3, 0.4) is 0 Å². The molecule has 242 valence electrons. The second kappa shape index (κ2) is 10.3. The van der Waals surface area contributed by atoms with Crippen molar-refractivity contribution in [2.75, 3.05) is 0 Å². The van der Waals surface area contributed by atoms with Gasteiger partial charge in [0, 0.05) is 66.0 Å². The lowest BCUT2D eigenvalue weighted by Gasteiger charge is -2.14. The molecule has 0 fully saturated rings. The Hall–Kier alpha value is -7.04. The molecule has 0 aliphatic carbocycles. The molecular formula is C48H27NO3. The zero-order chi connectivity index (χ0) is 33.9. The molecule has 0 aliphatic heterocycles. The first-order valence-electron chi connectivity index (χ1n) is 17.6. The lowest BCUT2D eigenvalue weighted by atomic mass is 9.95. The number of hydrogen-bond donors (Lipinski definition) is 0. The maximum absolute atomic E-state index is 6.60. The molecule has 0 N–H and O–H groups in total. The van der Waals surface area contributed by atoms with E-state index in [1.54, 1.807) is 0 Å². The van der Waals surface area contributed by atoms with Crippen molar-refractivity contribution in [3.8, 4) is 27.9 Å². The number of nitrogens with zero attached hydrogens (tertiary/aromatic N) is 1. The minimum atomic E-state index is 0.869. The van der Waals surface area contributed by atoms with Gasteiger partial charge >= 0.3 is 0 Å². The zero-order valence-electron chi connectivity index (χ0n) is 27.8. The van der Waals surface area contributed by atoms with Gasteiger partial charge in [-0.1, -0.05) is 109 Å². The first-order valence-corrected chi connectivity index (χ1v) is 17.6. The average molecular weight is 666 g/mol. The highest BCUT2D eigenvalue weighted by Gasteiger charge is 2.20. The smallest absolute Gasteiger partial charge is 0.143 e. The largest absolute Gasteiger partial charge is 0.456 e. The van der Waals surface area contributed by atoms with Gasteiger partial charge in [0.1, 0.15) is 33.5 Å². The second-order valence-electron chi connectivity index (χ2n) is 13.6. The molecule has 4 heterocycles. The predicted molar refractivity (Wildman–Crippen MR) is 213 cm³/mol. The van der Waals surface area contributed by atoms with E-state index < -0.39 is 0 Å². The first-order chi connectivity index (χ1) is 25.8. The molecule has 0 saturated heterocycles. The number of fused-ring (bicyclic) bond motifs is 12. The fourth-order valence-corrected chi connectivity index (χ4v) is 8.47. The molecule has 4 heteroatoms. The average Bonchev–Trinajstić information content (AvgIpc) is 3.95. The van der Waals surface area contributed by atoms with E-state index in [-0.39, 0.29) is 0 Å². The van der Waals surface area contributed by atoms with Crippen molar-refractivity contribution in [2.45, 2.75) is 0 Å². The molecule has 12 aromatic rings. The van der Waals surface area contributed by atoms with Crippen LogP contribution in [0.25, 0.3) is 116 Å². The molecule has 0 aliphatic rings. The summed E-state index contributed by atoms with van der Waals surface area (Å²) >= 11 is 0. The summed E-state index contributed by atoms with van der Waals surface area (Å²) in [7, 11) is 0. The third-order valence-corrected chi connectivity index (χ3v) is 10.8. The third kappa shape index (κ3) is 3.81. The molecule has 4 aromatic heterocycles. The summed E-state index contributed by atoms with van der Waals surface area (Å²) in [5.41, 5.74) is 12.7. The van der Waals surface area contributed by atoms with Crippen LogP contribution >= 0.6 is 0 Å². The molecule has 12 rings (SSSR count). The molecule has 8 aromatic carbocycles. The zero-order valence-corrected chi connectivity index (χ0v) is 27.8. The highest BCUT2D eigenvalue weighted by molar-refractivity contribution is 6.18. The van der Waals surface area contributed by atoms with Crippen LogP contribution in [0.4, 0.5) is 0 Å². The fraction of sp³-hybridized carbons (Fsp3) is 0. The van der Waals surface area contributed by atoms with Crippen molar-refractivity contribution in [1.29, 1.82) is 0 Å². The quantitative estimate of drug-likeness (QED) is 0.189. The number of benzene rings is 8. The molecule has 0 atom stereocenters. The molecule has 52 heavy (non-hydrogen) atoms. The highest BCUT2D eigenvalue weighted by Crippen LogP contribution is 2.43. The molecule has 0 unspecified atom stereocenters. The van der Waals surface area contributed by atoms with Crippen LogP contribution in [0.2, 0.25) is 0 Å². The Bertz CT molecular complexity index is 3290. The Balaban J connectivity index is 1.20. The van der Waals surface area contributed by atoms with Gasteiger partial charge in [0.15, 0.2) is 0 Å². The maximum atomic E-state index is 6.60. The van der Waals surface area contributed by atoms with E-state index in [0.29, 0.717) is 0 Å². The van der Waals surface area contributed by atoms with Gasteiger partial charge in [-0.25, -0.2) is 0 Å². The lowest BCUT2D eigenvalue weighted by Crippen LogP contribution is -1.96. The van der Waals surface area contributed by atoms with E-state index in [9.17, 15) is 0 Å². The van der Waals surface area contributed by atoms with Gasteiger partial charge < -0.3 is 17.8 Å². The number of aromatic nitrogens is 1. The van der Waals surface area contributed by atoms with Gasteiger partial charge in [-0.2, -0.15) is 0 Å². The number of hydrogen-bond acceptors (Lipinski definition) is 3. The maximum Gasteiger partial charge on any atom is 0.143 e.